The van der Waals surface area contributed by atoms with Gasteiger partial charge in [0.2, 0.25) is 0 Å². The van der Waals surface area contributed by atoms with Crippen molar-refractivity contribution >= 4 is 11.6 Å². The molecule has 1 fully saturated rings. The van der Waals surface area contributed by atoms with E-state index in [0.29, 0.717) is 5.69 Å². The third-order valence-corrected chi connectivity index (χ3v) is 3.94. The first-order valence-corrected chi connectivity index (χ1v) is 7.77. The molecule has 4 nitrogen and oxygen atoms in total. The number of nitrogens with one attached hydrogen (secondary N) is 2. The Balaban J connectivity index is 1.77. The largest absolute Gasteiger partial charge is 0.385 e. The second-order valence-electron chi connectivity index (χ2n) is 5.51. The van der Waals surface area contributed by atoms with Crippen LogP contribution in [0.25, 0.3) is 0 Å². The van der Waals surface area contributed by atoms with Gasteiger partial charge in [0.1, 0.15) is 5.69 Å². The van der Waals surface area contributed by atoms with Crippen LogP contribution in [0.4, 0.5) is 5.69 Å². The van der Waals surface area contributed by atoms with Crippen molar-refractivity contribution in [2.75, 3.05) is 18.4 Å². The van der Waals surface area contributed by atoms with Gasteiger partial charge in [0, 0.05) is 25.0 Å². The summed E-state index contributed by atoms with van der Waals surface area (Å²) in [6, 6.07) is 3.68. The van der Waals surface area contributed by atoms with E-state index in [-0.39, 0.29) is 5.91 Å². The minimum Gasteiger partial charge on any atom is -0.385 e. The quantitative estimate of drug-likeness (QED) is 0.838. The lowest BCUT2D eigenvalue weighted by Crippen LogP contribution is -2.27. The Morgan fingerprint density at radius 3 is 2.90 bits per heavy atom. The van der Waals surface area contributed by atoms with E-state index in [9.17, 15) is 4.79 Å². The number of nitrogens with zero attached hydrogens (tertiary/aromatic N) is 1. The first kappa shape index (κ1) is 14.8. The van der Waals surface area contributed by atoms with Gasteiger partial charge in [-0.05, 0) is 31.4 Å². The predicted molar refractivity (Wildman–Crippen MR) is 81.9 cm³/mol. The molecule has 1 aliphatic carbocycles. The van der Waals surface area contributed by atoms with Gasteiger partial charge in [-0.25, -0.2) is 0 Å². The molecule has 1 aromatic heterocycles. The molecule has 1 amide bonds. The van der Waals surface area contributed by atoms with Gasteiger partial charge in [-0.3, -0.25) is 9.78 Å². The molecule has 1 aromatic rings. The van der Waals surface area contributed by atoms with Gasteiger partial charge >= 0.3 is 0 Å². The van der Waals surface area contributed by atoms with E-state index in [4.69, 9.17) is 0 Å². The lowest BCUT2D eigenvalue weighted by molar-refractivity contribution is 0.0945. The van der Waals surface area contributed by atoms with Crippen LogP contribution in [0.5, 0.6) is 0 Å². The van der Waals surface area contributed by atoms with Crippen LogP contribution in [0.3, 0.4) is 0 Å². The Morgan fingerprint density at radius 1 is 1.35 bits per heavy atom. The van der Waals surface area contributed by atoms with Crippen LogP contribution in [0.15, 0.2) is 18.3 Å². The fourth-order valence-corrected chi connectivity index (χ4v) is 2.82. The van der Waals surface area contributed by atoms with Crippen molar-refractivity contribution in [3.63, 3.8) is 0 Å². The number of carbonyl (C=O) groups excluding carboxylic acids is 1. The molecule has 0 spiro atoms. The normalized spacial score (nSPS) is 15.8. The number of carbonyl (C=O) groups is 1. The van der Waals surface area contributed by atoms with E-state index >= 15 is 0 Å². The van der Waals surface area contributed by atoms with Gasteiger partial charge in [0.05, 0.1) is 0 Å². The standard InChI is InChI=1S/C16H25N3O/c1-2-17-14-9-11-18-15(12-14)16(20)19-10-8-13-6-4-3-5-7-13/h9,11-13H,2-8,10H2,1H3,(H,17,18)(H,19,20). The van der Waals surface area contributed by atoms with E-state index in [0.717, 1.165) is 31.1 Å². The highest BCUT2D eigenvalue weighted by Gasteiger charge is 2.14. The summed E-state index contributed by atoms with van der Waals surface area (Å²) in [4.78, 5) is 16.2. The van der Waals surface area contributed by atoms with Gasteiger partial charge in [-0.15, -0.1) is 0 Å². The summed E-state index contributed by atoms with van der Waals surface area (Å²) < 4.78 is 0. The predicted octanol–water partition coefficient (Wildman–Crippen LogP) is 3.21. The molecule has 0 unspecified atom stereocenters. The van der Waals surface area contributed by atoms with Crippen LogP contribution in [-0.4, -0.2) is 24.0 Å². The van der Waals surface area contributed by atoms with Crippen LogP contribution in [0.2, 0.25) is 0 Å². The summed E-state index contributed by atoms with van der Waals surface area (Å²) in [7, 11) is 0. The molecule has 1 heterocycles. The number of rotatable bonds is 6. The maximum Gasteiger partial charge on any atom is 0.269 e. The van der Waals surface area contributed by atoms with Crippen molar-refractivity contribution < 1.29 is 4.79 Å². The number of hydrogen-bond donors (Lipinski definition) is 2. The first-order chi connectivity index (χ1) is 9.79. The molecule has 0 aromatic carbocycles. The smallest absolute Gasteiger partial charge is 0.269 e. The highest BCUT2D eigenvalue weighted by molar-refractivity contribution is 5.93. The number of aromatic nitrogens is 1. The van der Waals surface area contributed by atoms with E-state index < -0.39 is 0 Å². The Bertz CT molecular complexity index is 427. The van der Waals surface area contributed by atoms with Gasteiger partial charge < -0.3 is 10.6 Å². The van der Waals surface area contributed by atoms with E-state index in [1.165, 1.54) is 32.1 Å². The number of hydrogen-bond acceptors (Lipinski definition) is 3. The molecule has 2 N–H and O–H groups in total. The second kappa shape index (κ2) is 7.88. The lowest BCUT2D eigenvalue weighted by Gasteiger charge is -2.21. The Kier molecular flexibility index (Phi) is 5.84. The number of pyridine rings is 1. The van der Waals surface area contributed by atoms with Crippen LogP contribution < -0.4 is 10.6 Å². The van der Waals surface area contributed by atoms with Gasteiger partial charge in [-0.1, -0.05) is 32.1 Å². The van der Waals surface area contributed by atoms with Gasteiger partial charge in [0.15, 0.2) is 0 Å². The van der Waals surface area contributed by atoms with E-state index in [2.05, 4.69) is 15.6 Å². The Labute approximate surface area is 121 Å². The van der Waals surface area contributed by atoms with Crippen molar-refractivity contribution in [1.29, 1.82) is 0 Å². The third kappa shape index (κ3) is 4.51. The van der Waals surface area contributed by atoms with Crippen molar-refractivity contribution in [1.82, 2.24) is 10.3 Å². The summed E-state index contributed by atoms with van der Waals surface area (Å²) in [5.41, 5.74) is 1.44. The highest BCUT2D eigenvalue weighted by Crippen LogP contribution is 2.25. The zero-order valence-corrected chi connectivity index (χ0v) is 12.3. The monoisotopic (exact) mass is 275 g/mol. The van der Waals surface area contributed by atoms with Crippen LogP contribution in [-0.2, 0) is 0 Å². The minimum absolute atomic E-state index is 0.0689. The molecule has 0 saturated heterocycles. The van der Waals surface area contributed by atoms with Gasteiger partial charge in [-0.2, -0.15) is 0 Å². The minimum atomic E-state index is -0.0689. The summed E-state index contributed by atoms with van der Waals surface area (Å²) >= 11 is 0. The molecular formula is C16H25N3O. The third-order valence-electron chi connectivity index (χ3n) is 3.94. The molecule has 1 saturated carbocycles. The molecule has 1 aliphatic rings. The van der Waals surface area contributed by atoms with Gasteiger partial charge in [0.25, 0.3) is 5.91 Å². The molecule has 0 aliphatic heterocycles. The summed E-state index contributed by atoms with van der Waals surface area (Å²) in [6.45, 7) is 3.63. The summed E-state index contributed by atoms with van der Waals surface area (Å²) in [6.07, 6.45) is 9.50. The molecule has 2 rings (SSSR count). The van der Waals surface area contributed by atoms with Crippen molar-refractivity contribution in [3.05, 3.63) is 24.0 Å². The Morgan fingerprint density at radius 2 is 2.15 bits per heavy atom. The van der Waals surface area contributed by atoms with Crippen molar-refractivity contribution in [2.24, 2.45) is 5.92 Å². The van der Waals surface area contributed by atoms with E-state index in [1.807, 2.05) is 13.0 Å². The molecule has 4 heteroatoms. The van der Waals surface area contributed by atoms with Crippen LogP contribution in [0, 0.1) is 5.92 Å². The average Bonchev–Trinajstić information content (AvgIpc) is 2.49. The molecular weight excluding hydrogens is 250 g/mol. The SMILES string of the molecule is CCNc1ccnc(C(=O)NCCC2CCCCC2)c1. The van der Waals surface area contributed by atoms with Crippen LogP contribution in [0.1, 0.15) is 55.9 Å². The van der Waals surface area contributed by atoms with Crippen molar-refractivity contribution in [2.45, 2.75) is 45.4 Å². The number of amides is 1. The Hall–Kier alpha value is -1.58. The molecule has 0 atom stereocenters. The molecule has 0 bridgehead atoms. The first-order valence-electron chi connectivity index (χ1n) is 7.77. The fraction of sp³-hybridized carbons (Fsp3) is 0.625. The number of anilines is 1. The zero-order valence-electron chi connectivity index (χ0n) is 12.3. The summed E-state index contributed by atoms with van der Waals surface area (Å²) in [5.74, 6) is 0.727. The second-order valence-corrected chi connectivity index (χ2v) is 5.51. The zero-order chi connectivity index (χ0) is 14.2. The van der Waals surface area contributed by atoms with Crippen molar-refractivity contribution in [3.8, 4) is 0 Å². The molecule has 110 valence electrons. The molecule has 0 radical (unpaired) electrons. The highest BCUT2D eigenvalue weighted by atomic mass is 16.1. The average molecular weight is 275 g/mol. The lowest BCUT2D eigenvalue weighted by atomic mass is 9.87. The van der Waals surface area contributed by atoms with E-state index in [1.54, 1.807) is 12.3 Å². The maximum absolute atomic E-state index is 12.0. The topological polar surface area (TPSA) is 54.0 Å². The summed E-state index contributed by atoms with van der Waals surface area (Å²) in [5, 5.41) is 6.18. The maximum atomic E-state index is 12.0. The van der Waals surface area contributed by atoms with Crippen LogP contribution >= 0.6 is 0 Å². The molecule has 20 heavy (non-hydrogen) atoms. The fourth-order valence-electron chi connectivity index (χ4n) is 2.82.